The molecule has 7 nitrogen and oxygen atoms in total. The number of hydrogen-bond donors (Lipinski definition) is 3. The third kappa shape index (κ3) is 8.20. The van der Waals surface area contributed by atoms with E-state index in [0.29, 0.717) is 25.1 Å². The van der Waals surface area contributed by atoms with Gasteiger partial charge in [-0.1, -0.05) is 6.07 Å². The van der Waals surface area contributed by atoms with E-state index in [9.17, 15) is 8.42 Å². The van der Waals surface area contributed by atoms with Gasteiger partial charge in [-0.15, -0.1) is 35.3 Å². The first kappa shape index (κ1) is 22.6. The SMILES string of the molecule is CN=C(NCCNS(C)(=O)=O)NCC(c1cccs1)N1CCCC1.I. The number of hydrogen-bond acceptors (Lipinski definition) is 5. The quantitative estimate of drug-likeness (QED) is 0.216. The molecule has 0 saturated carbocycles. The molecule has 0 spiro atoms. The standard InChI is InChI=1S/C15H27N5O2S2.HI/c1-16-15(17-7-8-19-24(2,21)22)18-12-13(14-6-5-11-23-14)20-9-3-4-10-20;/h5-6,11,13,19H,3-4,7-10,12H2,1-2H3,(H2,16,17,18);1H. The molecule has 0 aliphatic carbocycles. The molecule has 0 aromatic carbocycles. The van der Waals surface area contributed by atoms with E-state index in [1.807, 2.05) is 0 Å². The summed E-state index contributed by atoms with van der Waals surface area (Å²) in [5.41, 5.74) is 0. The smallest absolute Gasteiger partial charge is 0.208 e. The number of likely N-dealkylation sites (tertiary alicyclic amines) is 1. The zero-order valence-corrected chi connectivity index (χ0v) is 18.7. The van der Waals surface area contributed by atoms with Gasteiger partial charge in [0.1, 0.15) is 0 Å². The Labute approximate surface area is 171 Å². The van der Waals surface area contributed by atoms with Crippen LogP contribution < -0.4 is 15.4 Å². The van der Waals surface area contributed by atoms with Crippen molar-refractivity contribution in [2.75, 3.05) is 46.0 Å². The zero-order chi connectivity index (χ0) is 17.4. The number of sulfonamides is 1. The normalized spacial score (nSPS) is 17.1. The molecule has 1 aliphatic rings. The lowest BCUT2D eigenvalue weighted by Gasteiger charge is -2.27. The number of rotatable bonds is 8. The van der Waals surface area contributed by atoms with E-state index in [4.69, 9.17) is 0 Å². The van der Waals surface area contributed by atoms with Gasteiger partial charge in [-0.05, 0) is 37.4 Å². The predicted molar refractivity (Wildman–Crippen MR) is 115 cm³/mol. The van der Waals surface area contributed by atoms with Crippen molar-refractivity contribution in [1.82, 2.24) is 20.3 Å². The molecule has 144 valence electrons. The van der Waals surface area contributed by atoms with Gasteiger partial charge in [0.2, 0.25) is 10.0 Å². The molecule has 1 aromatic heterocycles. The van der Waals surface area contributed by atoms with E-state index in [1.165, 1.54) is 17.7 Å². The Morgan fingerprint density at radius 2 is 2.04 bits per heavy atom. The fraction of sp³-hybridized carbons (Fsp3) is 0.667. The van der Waals surface area contributed by atoms with Crippen LogP contribution in [0.4, 0.5) is 0 Å². The van der Waals surface area contributed by atoms with Crippen LogP contribution in [-0.4, -0.2) is 65.3 Å². The summed E-state index contributed by atoms with van der Waals surface area (Å²) >= 11 is 1.78. The highest BCUT2D eigenvalue weighted by molar-refractivity contribution is 14.0. The van der Waals surface area contributed by atoms with Crippen molar-refractivity contribution in [3.05, 3.63) is 22.4 Å². The molecule has 1 atom stereocenters. The molecule has 2 rings (SSSR count). The van der Waals surface area contributed by atoms with Gasteiger partial charge in [-0.25, -0.2) is 13.1 Å². The van der Waals surface area contributed by atoms with Gasteiger partial charge in [0, 0.05) is 31.6 Å². The average molecular weight is 501 g/mol. The van der Waals surface area contributed by atoms with Crippen LogP contribution in [0.15, 0.2) is 22.5 Å². The lowest BCUT2D eigenvalue weighted by atomic mass is 10.2. The van der Waals surface area contributed by atoms with Crippen molar-refractivity contribution in [2.24, 2.45) is 4.99 Å². The van der Waals surface area contributed by atoms with Crippen LogP contribution in [0.25, 0.3) is 0 Å². The molecule has 0 radical (unpaired) electrons. The average Bonchev–Trinajstić information content (AvgIpc) is 3.22. The van der Waals surface area contributed by atoms with Crippen molar-refractivity contribution in [1.29, 1.82) is 0 Å². The Morgan fingerprint density at radius 1 is 1.32 bits per heavy atom. The third-order valence-electron chi connectivity index (χ3n) is 3.92. The number of aliphatic imine (C=N–C) groups is 1. The first-order valence-corrected chi connectivity index (χ1v) is 10.9. The third-order valence-corrected chi connectivity index (χ3v) is 5.62. The maximum atomic E-state index is 11.0. The number of thiophene rings is 1. The molecule has 1 unspecified atom stereocenters. The summed E-state index contributed by atoms with van der Waals surface area (Å²) < 4.78 is 24.6. The number of nitrogens with zero attached hydrogens (tertiary/aromatic N) is 2. The van der Waals surface area contributed by atoms with Crippen molar-refractivity contribution in [3.63, 3.8) is 0 Å². The summed E-state index contributed by atoms with van der Waals surface area (Å²) in [4.78, 5) is 8.08. The molecule has 1 aliphatic heterocycles. The first-order chi connectivity index (χ1) is 11.5. The van der Waals surface area contributed by atoms with Gasteiger partial charge >= 0.3 is 0 Å². The Kier molecular flexibility index (Phi) is 10.2. The molecule has 2 heterocycles. The summed E-state index contributed by atoms with van der Waals surface area (Å²) in [5, 5.41) is 8.60. The molecule has 10 heteroatoms. The van der Waals surface area contributed by atoms with Crippen molar-refractivity contribution in [2.45, 2.75) is 18.9 Å². The van der Waals surface area contributed by atoms with Gasteiger partial charge in [0.15, 0.2) is 5.96 Å². The van der Waals surface area contributed by atoms with E-state index in [2.05, 4.69) is 42.8 Å². The molecule has 0 bridgehead atoms. The Morgan fingerprint density at radius 3 is 2.60 bits per heavy atom. The molecule has 3 N–H and O–H groups in total. The Balaban J connectivity index is 0.00000312. The van der Waals surface area contributed by atoms with Crippen LogP contribution in [0, 0.1) is 0 Å². The molecule has 1 fully saturated rings. The van der Waals surface area contributed by atoms with Crippen LogP contribution in [0.3, 0.4) is 0 Å². The van der Waals surface area contributed by atoms with Crippen molar-refractivity contribution in [3.8, 4) is 0 Å². The fourth-order valence-corrected chi connectivity index (χ4v) is 4.11. The van der Waals surface area contributed by atoms with E-state index < -0.39 is 10.0 Å². The monoisotopic (exact) mass is 501 g/mol. The minimum atomic E-state index is -3.15. The molecule has 25 heavy (non-hydrogen) atoms. The summed E-state index contributed by atoms with van der Waals surface area (Å²) in [6, 6.07) is 4.62. The topological polar surface area (TPSA) is 85.8 Å². The lowest BCUT2D eigenvalue weighted by Crippen LogP contribution is -2.44. The highest BCUT2D eigenvalue weighted by atomic mass is 127. The zero-order valence-electron chi connectivity index (χ0n) is 14.7. The van der Waals surface area contributed by atoms with E-state index in [-0.39, 0.29) is 24.0 Å². The number of halogens is 1. The molecule has 1 saturated heterocycles. The largest absolute Gasteiger partial charge is 0.355 e. The second-order valence-electron chi connectivity index (χ2n) is 5.82. The molecule has 1 aromatic rings. The van der Waals surface area contributed by atoms with E-state index in [0.717, 1.165) is 25.9 Å². The minimum Gasteiger partial charge on any atom is -0.355 e. The Hall–Kier alpha value is -0.430. The van der Waals surface area contributed by atoms with Crippen LogP contribution in [-0.2, 0) is 10.0 Å². The maximum absolute atomic E-state index is 11.0. The highest BCUT2D eigenvalue weighted by Gasteiger charge is 2.24. The summed E-state index contributed by atoms with van der Waals surface area (Å²) in [6.07, 6.45) is 3.67. The first-order valence-electron chi connectivity index (χ1n) is 8.16. The van der Waals surface area contributed by atoms with Crippen LogP contribution >= 0.6 is 35.3 Å². The van der Waals surface area contributed by atoms with Gasteiger partial charge < -0.3 is 10.6 Å². The van der Waals surface area contributed by atoms with E-state index >= 15 is 0 Å². The van der Waals surface area contributed by atoms with Crippen LogP contribution in [0.1, 0.15) is 23.8 Å². The summed E-state index contributed by atoms with van der Waals surface area (Å²) in [5.74, 6) is 0.686. The highest BCUT2D eigenvalue weighted by Crippen LogP contribution is 2.27. The van der Waals surface area contributed by atoms with Crippen LogP contribution in [0.2, 0.25) is 0 Å². The molecular weight excluding hydrogens is 473 g/mol. The number of nitrogens with one attached hydrogen (secondary N) is 3. The van der Waals surface area contributed by atoms with Gasteiger partial charge in [-0.2, -0.15) is 0 Å². The second kappa shape index (κ2) is 11.3. The fourth-order valence-electron chi connectivity index (χ4n) is 2.78. The van der Waals surface area contributed by atoms with Gasteiger partial charge in [0.25, 0.3) is 0 Å². The van der Waals surface area contributed by atoms with Crippen molar-refractivity contribution < 1.29 is 8.42 Å². The van der Waals surface area contributed by atoms with Gasteiger partial charge in [-0.3, -0.25) is 9.89 Å². The second-order valence-corrected chi connectivity index (χ2v) is 8.63. The molecule has 0 amide bonds. The maximum Gasteiger partial charge on any atom is 0.208 e. The lowest BCUT2D eigenvalue weighted by molar-refractivity contribution is 0.249. The van der Waals surface area contributed by atoms with Crippen molar-refractivity contribution >= 4 is 51.3 Å². The minimum absolute atomic E-state index is 0. The van der Waals surface area contributed by atoms with E-state index in [1.54, 1.807) is 18.4 Å². The summed E-state index contributed by atoms with van der Waals surface area (Å²) in [6.45, 7) is 3.86. The van der Waals surface area contributed by atoms with Crippen LogP contribution in [0.5, 0.6) is 0 Å². The predicted octanol–water partition coefficient (Wildman–Crippen LogP) is 1.22. The summed E-state index contributed by atoms with van der Waals surface area (Å²) in [7, 11) is -1.43. The number of guanidine groups is 1. The Bertz CT molecular complexity index is 616. The molecular formula is C15H28IN5O2S2. The van der Waals surface area contributed by atoms with Gasteiger partial charge in [0.05, 0.1) is 12.3 Å².